The Morgan fingerprint density at radius 2 is 1.65 bits per heavy atom. The third kappa shape index (κ3) is 4.77. The van der Waals surface area contributed by atoms with E-state index in [1.165, 1.54) is 12.1 Å². The molecule has 0 saturated heterocycles. The molecule has 0 aliphatic carbocycles. The maximum absolute atomic E-state index is 13.1. The fourth-order valence-electron chi connectivity index (χ4n) is 3.40. The summed E-state index contributed by atoms with van der Waals surface area (Å²) in [4.78, 5) is 29.5. The number of benzene rings is 3. The molecule has 0 aliphatic heterocycles. The molecule has 0 aliphatic rings. The summed E-state index contributed by atoms with van der Waals surface area (Å²) in [7, 11) is 0. The lowest BCUT2D eigenvalue weighted by atomic mass is 10.1. The topological polar surface area (TPSA) is 73.6 Å². The lowest BCUT2D eigenvalue weighted by Gasteiger charge is -2.06. The summed E-state index contributed by atoms with van der Waals surface area (Å²) in [5.74, 6) is 0.358. The third-order valence-corrected chi connectivity index (χ3v) is 6.12. The summed E-state index contributed by atoms with van der Waals surface area (Å²) in [6, 6.07) is 23.0. The van der Waals surface area contributed by atoms with Crippen LogP contribution in [0.5, 0.6) is 5.75 Å². The number of fused-ring (bicyclic) bond motifs is 1. The molecular formula is C26H18FN3O3S. The predicted octanol–water partition coefficient (Wildman–Crippen LogP) is 3.37. The van der Waals surface area contributed by atoms with Crippen LogP contribution in [0.15, 0.2) is 88.5 Å². The number of hydrogen-bond donors (Lipinski definition) is 0. The highest BCUT2D eigenvalue weighted by Crippen LogP contribution is 2.15. The first-order valence-electron chi connectivity index (χ1n) is 10.5. The Hall–Kier alpha value is -4.17. The summed E-state index contributed by atoms with van der Waals surface area (Å²) >= 11 is 1.10. The van der Waals surface area contributed by atoms with Crippen LogP contribution in [0.4, 0.5) is 4.39 Å². The largest absolute Gasteiger partial charge is 0.489 e. The van der Waals surface area contributed by atoms with Crippen LogP contribution >= 0.6 is 11.3 Å². The summed E-state index contributed by atoms with van der Waals surface area (Å²) in [5.41, 5.74) is 1.87. The molecule has 2 aromatic heterocycles. The van der Waals surface area contributed by atoms with E-state index < -0.39 is 5.56 Å². The minimum Gasteiger partial charge on any atom is -0.489 e. The van der Waals surface area contributed by atoms with Crippen LogP contribution in [0, 0.1) is 5.82 Å². The molecule has 0 fully saturated rings. The van der Waals surface area contributed by atoms with E-state index in [0.29, 0.717) is 16.7 Å². The lowest BCUT2D eigenvalue weighted by Crippen LogP contribution is -2.28. The molecule has 0 atom stereocenters. The van der Waals surface area contributed by atoms with Crippen molar-refractivity contribution < 1.29 is 9.13 Å². The average molecular weight is 472 g/mol. The number of nitrogens with zero attached hydrogens (tertiary/aromatic N) is 3. The third-order valence-electron chi connectivity index (χ3n) is 5.16. The van der Waals surface area contributed by atoms with Gasteiger partial charge in [0, 0.05) is 6.42 Å². The van der Waals surface area contributed by atoms with Gasteiger partial charge in [-0.25, -0.2) is 4.39 Å². The van der Waals surface area contributed by atoms with Crippen LogP contribution in [0.1, 0.15) is 22.4 Å². The average Bonchev–Trinajstić information content (AvgIpc) is 3.15. The molecule has 0 bridgehead atoms. The lowest BCUT2D eigenvalue weighted by molar-refractivity contribution is 0.306. The zero-order valence-corrected chi connectivity index (χ0v) is 18.7. The van der Waals surface area contributed by atoms with Gasteiger partial charge in [0.2, 0.25) is 4.96 Å². The van der Waals surface area contributed by atoms with Gasteiger partial charge in [0.25, 0.3) is 11.1 Å². The molecule has 168 valence electrons. The molecule has 0 N–H and O–H groups in total. The van der Waals surface area contributed by atoms with Crippen molar-refractivity contribution in [3.63, 3.8) is 0 Å². The van der Waals surface area contributed by atoms with E-state index in [4.69, 9.17) is 4.74 Å². The summed E-state index contributed by atoms with van der Waals surface area (Å²) in [6.07, 6.45) is 1.89. The van der Waals surface area contributed by atoms with Crippen molar-refractivity contribution in [2.24, 2.45) is 0 Å². The van der Waals surface area contributed by atoms with E-state index in [0.717, 1.165) is 32.7 Å². The van der Waals surface area contributed by atoms with E-state index in [9.17, 15) is 14.0 Å². The standard InChI is InChI=1S/C26H18FN3O3S/c27-20-10-6-17(7-11-20)14-22-24(31)28-26-30(29-22)25(32)23(34-26)15-18-8-12-21(13-9-18)33-16-19-4-2-1-3-5-19/h1-13,15H,14,16H2/b23-15-. The van der Waals surface area contributed by atoms with Gasteiger partial charge in [0.1, 0.15) is 23.9 Å². The van der Waals surface area contributed by atoms with E-state index in [-0.39, 0.29) is 28.5 Å². The quantitative estimate of drug-likeness (QED) is 0.380. The summed E-state index contributed by atoms with van der Waals surface area (Å²) < 4.78 is 20.5. The van der Waals surface area contributed by atoms with Gasteiger partial charge in [0.15, 0.2) is 0 Å². The predicted molar refractivity (Wildman–Crippen MR) is 129 cm³/mol. The van der Waals surface area contributed by atoms with Gasteiger partial charge in [0.05, 0.1) is 4.53 Å². The van der Waals surface area contributed by atoms with Gasteiger partial charge >= 0.3 is 0 Å². The first-order valence-corrected chi connectivity index (χ1v) is 11.3. The Labute approximate surface area is 197 Å². The van der Waals surface area contributed by atoms with Crippen LogP contribution in [-0.2, 0) is 13.0 Å². The molecule has 6 nitrogen and oxygen atoms in total. The van der Waals surface area contributed by atoms with E-state index >= 15 is 0 Å². The molecule has 5 aromatic rings. The minimum absolute atomic E-state index is 0.130. The molecule has 0 radical (unpaired) electrons. The van der Waals surface area contributed by atoms with Gasteiger partial charge in [-0.05, 0) is 47.0 Å². The van der Waals surface area contributed by atoms with Gasteiger partial charge in [-0.1, -0.05) is 65.9 Å². The van der Waals surface area contributed by atoms with Crippen molar-refractivity contribution in [3.05, 3.63) is 132 Å². The molecule has 2 heterocycles. The molecule has 0 unspecified atom stereocenters. The first kappa shape index (κ1) is 21.7. The normalized spacial score (nSPS) is 11.7. The molecule has 0 spiro atoms. The molecule has 8 heteroatoms. The van der Waals surface area contributed by atoms with Crippen molar-refractivity contribution in [3.8, 4) is 5.75 Å². The second-order valence-electron chi connectivity index (χ2n) is 7.62. The summed E-state index contributed by atoms with van der Waals surface area (Å²) in [6.45, 7) is 0.469. The van der Waals surface area contributed by atoms with Crippen LogP contribution in [-0.4, -0.2) is 14.6 Å². The zero-order chi connectivity index (χ0) is 23.5. The van der Waals surface area contributed by atoms with Gasteiger partial charge in [-0.3, -0.25) is 9.59 Å². The van der Waals surface area contributed by atoms with Crippen LogP contribution in [0.3, 0.4) is 0 Å². The van der Waals surface area contributed by atoms with Crippen molar-refractivity contribution in [2.45, 2.75) is 13.0 Å². The molecule has 5 rings (SSSR count). The maximum atomic E-state index is 13.1. The fraction of sp³-hybridized carbons (Fsp3) is 0.0769. The number of ether oxygens (including phenoxy) is 1. The Kier molecular flexibility index (Phi) is 5.97. The Bertz CT molecular complexity index is 1610. The highest BCUT2D eigenvalue weighted by atomic mass is 32.1. The maximum Gasteiger partial charge on any atom is 0.296 e. The van der Waals surface area contributed by atoms with Crippen LogP contribution < -0.4 is 20.4 Å². The number of halogens is 1. The zero-order valence-electron chi connectivity index (χ0n) is 17.8. The smallest absolute Gasteiger partial charge is 0.296 e. The SMILES string of the molecule is O=c1nc2s/c(=C\c3ccc(OCc4ccccc4)cc3)c(=O)n2nc1Cc1ccc(F)cc1. The van der Waals surface area contributed by atoms with E-state index in [1.54, 1.807) is 18.2 Å². The van der Waals surface area contributed by atoms with Crippen molar-refractivity contribution in [2.75, 3.05) is 0 Å². The number of thiazole rings is 1. The number of rotatable bonds is 6. The fourth-order valence-corrected chi connectivity index (χ4v) is 4.30. The van der Waals surface area contributed by atoms with Gasteiger partial charge in [-0.2, -0.15) is 14.6 Å². The Balaban J connectivity index is 1.39. The van der Waals surface area contributed by atoms with Crippen LogP contribution in [0.25, 0.3) is 11.0 Å². The van der Waals surface area contributed by atoms with Crippen molar-refractivity contribution in [1.29, 1.82) is 0 Å². The van der Waals surface area contributed by atoms with E-state index in [2.05, 4.69) is 10.1 Å². The van der Waals surface area contributed by atoms with Gasteiger partial charge < -0.3 is 4.74 Å². The van der Waals surface area contributed by atoms with Crippen LogP contribution in [0.2, 0.25) is 0 Å². The molecule has 0 amide bonds. The second-order valence-corrected chi connectivity index (χ2v) is 8.63. The number of hydrogen-bond acceptors (Lipinski definition) is 6. The van der Waals surface area contributed by atoms with E-state index in [1.807, 2.05) is 54.6 Å². The second kappa shape index (κ2) is 9.36. The molecular weight excluding hydrogens is 453 g/mol. The van der Waals surface area contributed by atoms with Crippen molar-refractivity contribution in [1.82, 2.24) is 14.6 Å². The molecule has 0 saturated carbocycles. The van der Waals surface area contributed by atoms with Gasteiger partial charge in [-0.15, -0.1) is 0 Å². The first-order chi connectivity index (χ1) is 16.5. The highest BCUT2D eigenvalue weighted by Gasteiger charge is 2.12. The minimum atomic E-state index is -0.503. The number of aromatic nitrogens is 3. The molecule has 3 aromatic carbocycles. The Morgan fingerprint density at radius 1 is 0.912 bits per heavy atom. The van der Waals surface area contributed by atoms with Crippen molar-refractivity contribution >= 4 is 22.4 Å². The molecule has 34 heavy (non-hydrogen) atoms. The Morgan fingerprint density at radius 3 is 2.38 bits per heavy atom. The monoisotopic (exact) mass is 471 g/mol. The summed E-state index contributed by atoms with van der Waals surface area (Å²) in [5, 5.41) is 4.23. The highest BCUT2D eigenvalue weighted by molar-refractivity contribution is 7.15.